The first kappa shape index (κ1) is 18.1. The van der Waals surface area contributed by atoms with Crippen LogP contribution in [0.15, 0.2) is 29.2 Å². The fraction of sp³-hybridized carbons (Fsp3) is 0.421. The first-order chi connectivity index (χ1) is 12.4. The van der Waals surface area contributed by atoms with Gasteiger partial charge in [-0.05, 0) is 49.8 Å². The molecule has 3 N–H and O–H groups in total. The maximum Gasteiger partial charge on any atom is 0.261 e. The number of rotatable bonds is 5. The maximum absolute atomic E-state index is 12.7. The average molecular weight is 357 g/mol. The van der Waals surface area contributed by atoms with E-state index < -0.39 is 11.5 Å². The van der Waals surface area contributed by atoms with Crippen LogP contribution in [0.2, 0.25) is 0 Å². The monoisotopic (exact) mass is 357 g/mol. The van der Waals surface area contributed by atoms with Gasteiger partial charge in [0.25, 0.3) is 11.5 Å². The average Bonchev–Trinajstić information content (AvgIpc) is 2.60. The summed E-state index contributed by atoms with van der Waals surface area (Å²) in [4.78, 5) is 31.8. The summed E-state index contributed by atoms with van der Waals surface area (Å²) >= 11 is 0. The van der Waals surface area contributed by atoms with Gasteiger partial charge >= 0.3 is 0 Å². The lowest BCUT2D eigenvalue weighted by Gasteiger charge is -2.38. The maximum atomic E-state index is 12.7. The highest BCUT2D eigenvalue weighted by atomic mass is 16.5. The topological polar surface area (TPSA) is 104 Å². The zero-order valence-electron chi connectivity index (χ0n) is 15.1. The Morgan fingerprint density at radius 1 is 1.38 bits per heavy atom. The summed E-state index contributed by atoms with van der Waals surface area (Å²) in [7, 11) is 1.54. The normalized spacial score (nSPS) is 20.2. The molecule has 7 heteroatoms. The van der Waals surface area contributed by atoms with E-state index in [9.17, 15) is 14.7 Å². The van der Waals surface area contributed by atoms with Crippen molar-refractivity contribution in [3.63, 3.8) is 0 Å². The van der Waals surface area contributed by atoms with Crippen LogP contribution in [0, 0.1) is 19.8 Å². The fourth-order valence-electron chi connectivity index (χ4n) is 3.19. The number of pyridine rings is 2. The SMILES string of the molecule is COc1ccc([C@@H](NC(=O)c2cc(C)c(C)[nH]c2=O)C2CC(O)C2)cn1. The van der Waals surface area contributed by atoms with Gasteiger partial charge in [0, 0.05) is 18.0 Å². The molecule has 0 saturated heterocycles. The van der Waals surface area contributed by atoms with Crippen molar-refractivity contribution in [1.82, 2.24) is 15.3 Å². The third-order valence-corrected chi connectivity index (χ3v) is 4.98. The quantitative estimate of drug-likeness (QED) is 0.755. The Kier molecular flexibility index (Phi) is 5.08. The van der Waals surface area contributed by atoms with Crippen LogP contribution in [-0.4, -0.2) is 34.2 Å². The van der Waals surface area contributed by atoms with Crippen molar-refractivity contribution >= 4 is 5.91 Å². The second-order valence-electron chi connectivity index (χ2n) is 6.79. The van der Waals surface area contributed by atoms with E-state index in [1.165, 1.54) is 7.11 Å². The molecule has 7 nitrogen and oxygen atoms in total. The highest BCUT2D eigenvalue weighted by molar-refractivity contribution is 5.94. The number of ether oxygens (including phenoxy) is 1. The largest absolute Gasteiger partial charge is 0.481 e. The zero-order chi connectivity index (χ0) is 18.8. The van der Waals surface area contributed by atoms with Gasteiger partial charge in [0.15, 0.2) is 0 Å². The molecule has 2 aromatic rings. The molecule has 0 spiro atoms. The van der Waals surface area contributed by atoms with Gasteiger partial charge in [-0.15, -0.1) is 0 Å². The van der Waals surface area contributed by atoms with Crippen molar-refractivity contribution in [2.24, 2.45) is 5.92 Å². The Morgan fingerprint density at radius 3 is 2.69 bits per heavy atom. The van der Waals surface area contributed by atoms with E-state index in [0.29, 0.717) is 18.7 Å². The van der Waals surface area contributed by atoms with Crippen LogP contribution in [0.4, 0.5) is 0 Å². The Balaban J connectivity index is 1.87. The van der Waals surface area contributed by atoms with Gasteiger partial charge in [0.05, 0.1) is 19.3 Å². The van der Waals surface area contributed by atoms with E-state index in [1.54, 1.807) is 25.3 Å². The Morgan fingerprint density at radius 2 is 2.12 bits per heavy atom. The Bertz CT molecular complexity index is 854. The number of aryl methyl sites for hydroxylation is 2. The molecule has 3 rings (SSSR count). The Labute approximate surface area is 151 Å². The number of methoxy groups -OCH3 is 1. The number of carbonyl (C=O) groups excluding carboxylic acids is 1. The van der Waals surface area contributed by atoms with Crippen LogP contribution in [0.1, 0.15) is 46.1 Å². The number of H-pyrrole nitrogens is 1. The molecule has 1 fully saturated rings. The van der Waals surface area contributed by atoms with E-state index >= 15 is 0 Å². The number of hydrogen-bond donors (Lipinski definition) is 3. The van der Waals surface area contributed by atoms with Gasteiger partial charge in [0.2, 0.25) is 5.88 Å². The van der Waals surface area contributed by atoms with Crippen molar-refractivity contribution in [1.29, 1.82) is 0 Å². The van der Waals surface area contributed by atoms with Crippen molar-refractivity contribution in [3.05, 3.63) is 57.1 Å². The molecule has 26 heavy (non-hydrogen) atoms. The highest BCUT2D eigenvalue weighted by Crippen LogP contribution is 2.38. The predicted octanol–water partition coefficient (Wildman–Crippen LogP) is 1.64. The molecule has 1 aliphatic rings. The highest BCUT2D eigenvalue weighted by Gasteiger charge is 2.36. The summed E-state index contributed by atoms with van der Waals surface area (Å²) < 4.78 is 5.07. The molecule has 0 aliphatic heterocycles. The van der Waals surface area contributed by atoms with E-state index in [2.05, 4.69) is 15.3 Å². The molecule has 0 radical (unpaired) electrons. The number of aliphatic hydroxyl groups is 1. The smallest absolute Gasteiger partial charge is 0.261 e. The summed E-state index contributed by atoms with van der Waals surface area (Å²) in [5.41, 5.74) is 2.07. The van der Waals surface area contributed by atoms with Crippen molar-refractivity contribution in [2.75, 3.05) is 7.11 Å². The first-order valence-electron chi connectivity index (χ1n) is 8.58. The number of hydrogen-bond acceptors (Lipinski definition) is 5. The summed E-state index contributed by atoms with van der Waals surface area (Å²) in [5, 5.41) is 12.6. The number of carbonyl (C=O) groups is 1. The minimum atomic E-state index is -0.434. The molecule has 1 aliphatic carbocycles. The second-order valence-corrected chi connectivity index (χ2v) is 6.79. The van der Waals surface area contributed by atoms with Gasteiger partial charge in [0.1, 0.15) is 5.56 Å². The van der Waals surface area contributed by atoms with Gasteiger partial charge in [-0.25, -0.2) is 4.98 Å². The second kappa shape index (κ2) is 7.29. The van der Waals surface area contributed by atoms with Gasteiger partial charge in [-0.2, -0.15) is 0 Å². The van der Waals surface area contributed by atoms with Gasteiger partial charge in [-0.3, -0.25) is 9.59 Å². The van der Waals surface area contributed by atoms with Crippen LogP contribution < -0.4 is 15.6 Å². The molecule has 0 unspecified atom stereocenters. The number of amides is 1. The molecule has 138 valence electrons. The van der Waals surface area contributed by atoms with E-state index in [1.807, 2.05) is 13.0 Å². The number of nitrogens with one attached hydrogen (secondary N) is 2. The fourth-order valence-corrected chi connectivity index (χ4v) is 3.19. The zero-order valence-corrected chi connectivity index (χ0v) is 15.1. The van der Waals surface area contributed by atoms with Crippen molar-refractivity contribution < 1.29 is 14.6 Å². The van der Waals surface area contributed by atoms with Gasteiger partial charge in [-0.1, -0.05) is 6.07 Å². The molecule has 1 amide bonds. The molecular weight excluding hydrogens is 334 g/mol. The minimum Gasteiger partial charge on any atom is -0.481 e. The number of aromatic nitrogens is 2. The number of aromatic amines is 1. The summed E-state index contributed by atoms with van der Waals surface area (Å²) in [6, 6.07) is 4.84. The standard InChI is InChI=1S/C19H23N3O4/c1-10-6-15(18(24)21-11(10)2)19(25)22-17(13-7-14(23)8-13)12-4-5-16(26-3)20-9-12/h4-6,9,13-14,17,23H,7-8H2,1-3H3,(H,21,24)(H,22,25)/t13?,14?,17-/m1/s1. The summed E-state index contributed by atoms with van der Waals surface area (Å²) in [6.07, 6.45) is 2.50. The lowest BCUT2D eigenvalue weighted by atomic mass is 9.75. The lowest BCUT2D eigenvalue weighted by molar-refractivity contribution is 0.0234. The Hall–Kier alpha value is -2.67. The van der Waals surface area contributed by atoms with Crippen LogP contribution >= 0.6 is 0 Å². The van der Waals surface area contributed by atoms with Crippen molar-refractivity contribution in [2.45, 2.75) is 38.8 Å². The number of aliphatic hydroxyl groups excluding tert-OH is 1. The number of nitrogens with zero attached hydrogens (tertiary/aromatic N) is 1. The van der Waals surface area contributed by atoms with Crippen LogP contribution in [0.25, 0.3) is 0 Å². The predicted molar refractivity (Wildman–Crippen MR) is 96.3 cm³/mol. The molecule has 0 bridgehead atoms. The van der Waals surface area contributed by atoms with Crippen LogP contribution in [0.3, 0.4) is 0 Å². The van der Waals surface area contributed by atoms with E-state index in [-0.39, 0.29) is 23.6 Å². The minimum absolute atomic E-state index is 0.0828. The molecule has 1 atom stereocenters. The van der Waals surface area contributed by atoms with Gasteiger partial charge < -0.3 is 20.1 Å². The van der Waals surface area contributed by atoms with Crippen LogP contribution in [-0.2, 0) is 0 Å². The molecule has 1 saturated carbocycles. The lowest BCUT2D eigenvalue weighted by Crippen LogP contribution is -2.42. The molecular formula is C19H23N3O4. The third kappa shape index (κ3) is 3.62. The van der Waals surface area contributed by atoms with E-state index in [0.717, 1.165) is 16.8 Å². The first-order valence-corrected chi connectivity index (χ1v) is 8.58. The summed E-state index contributed by atoms with van der Waals surface area (Å²) in [5.74, 6) is 0.143. The van der Waals surface area contributed by atoms with E-state index in [4.69, 9.17) is 4.74 Å². The van der Waals surface area contributed by atoms with Crippen molar-refractivity contribution in [3.8, 4) is 5.88 Å². The third-order valence-electron chi connectivity index (χ3n) is 4.98. The molecule has 0 aromatic carbocycles. The van der Waals surface area contributed by atoms with Crippen LogP contribution in [0.5, 0.6) is 5.88 Å². The molecule has 2 aromatic heterocycles. The molecule has 2 heterocycles. The summed E-state index contributed by atoms with van der Waals surface area (Å²) in [6.45, 7) is 3.63.